The summed E-state index contributed by atoms with van der Waals surface area (Å²) >= 11 is 0. The number of likely N-dealkylation sites (tertiary alicyclic amines) is 1. The number of amides is 1. The van der Waals surface area contributed by atoms with Crippen LogP contribution >= 0.6 is 0 Å². The highest BCUT2D eigenvalue weighted by atomic mass is 16.5. The molecule has 1 N–H and O–H groups in total. The number of piperidine rings is 1. The molecule has 2 rings (SSSR count). The van der Waals surface area contributed by atoms with Gasteiger partial charge in [-0.15, -0.1) is 0 Å². The summed E-state index contributed by atoms with van der Waals surface area (Å²) in [5.74, 6) is 0.939. The summed E-state index contributed by atoms with van der Waals surface area (Å²) in [6.07, 6.45) is 2.03. The predicted octanol–water partition coefficient (Wildman–Crippen LogP) is 2.27. The molecule has 0 aliphatic carbocycles. The maximum atomic E-state index is 12.4. The van der Waals surface area contributed by atoms with E-state index in [9.17, 15) is 9.90 Å². The third-order valence-electron chi connectivity index (χ3n) is 3.51. The van der Waals surface area contributed by atoms with Crippen molar-refractivity contribution in [3.63, 3.8) is 0 Å². The minimum Gasteiger partial charge on any atom is -0.507 e. The Morgan fingerprint density at radius 1 is 1.39 bits per heavy atom. The highest BCUT2D eigenvalue weighted by molar-refractivity contribution is 5.99. The lowest BCUT2D eigenvalue weighted by Gasteiger charge is -2.30. The van der Waals surface area contributed by atoms with Gasteiger partial charge in [0.1, 0.15) is 17.1 Å². The summed E-state index contributed by atoms with van der Waals surface area (Å²) in [6, 6.07) is 4.88. The quantitative estimate of drug-likeness (QED) is 0.874. The summed E-state index contributed by atoms with van der Waals surface area (Å²) < 4.78 is 5.15. The molecule has 1 amide bonds. The van der Waals surface area contributed by atoms with E-state index in [2.05, 4.69) is 6.92 Å². The first-order valence-electron chi connectivity index (χ1n) is 6.28. The van der Waals surface area contributed by atoms with Crippen LogP contribution in [0.4, 0.5) is 0 Å². The lowest BCUT2D eigenvalue weighted by atomic mass is 9.98. The molecule has 4 heteroatoms. The van der Waals surface area contributed by atoms with E-state index in [0.717, 1.165) is 25.9 Å². The van der Waals surface area contributed by atoms with E-state index in [1.807, 2.05) is 0 Å². The van der Waals surface area contributed by atoms with E-state index in [1.165, 1.54) is 13.2 Å². The van der Waals surface area contributed by atoms with Crippen LogP contribution in [0.5, 0.6) is 11.5 Å². The zero-order valence-corrected chi connectivity index (χ0v) is 10.8. The molecular formula is C14H19NO3. The molecule has 1 aromatic rings. The Morgan fingerprint density at radius 3 is 2.67 bits per heavy atom. The number of ether oxygens (including phenoxy) is 1. The summed E-state index contributed by atoms with van der Waals surface area (Å²) in [7, 11) is 1.50. The van der Waals surface area contributed by atoms with Crippen LogP contribution in [0.15, 0.2) is 18.2 Å². The van der Waals surface area contributed by atoms with Gasteiger partial charge in [-0.3, -0.25) is 4.79 Å². The fourth-order valence-corrected chi connectivity index (χ4v) is 2.27. The zero-order chi connectivity index (χ0) is 13.1. The standard InChI is InChI=1S/C14H19NO3/c1-10-6-8-15(9-7-10)14(17)13-11(16)4-3-5-12(13)18-2/h3-5,10,16H,6-9H2,1-2H3. The maximum Gasteiger partial charge on any atom is 0.261 e. The summed E-state index contributed by atoms with van der Waals surface area (Å²) in [4.78, 5) is 14.2. The van der Waals surface area contributed by atoms with Crippen molar-refractivity contribution >= 4 is 5.91 Å². The molecule has 0 unspecified atom stereocenters. The van der Waals surface area contributed by atoms with Crippen molar-refractivity contribution in [1.29, 1.82) is 0 Å². The van der Waals surface area contributed by atoms with E-state index in [-0.39, 0.29) is 17.2 Å². The summed E-state index contributed by atoms with van der Waals surface area (Å²) in [5, 5.41) is 9.85. The van der Waals surface area contributed by atoms with E-state index < -0.39 is 0 Å². The smallest absolute Gasteiger partial charge is 0.261 e. The van der Waals surface area contributed by atoms with Crippen LogP contribution in [0.25, 0.3) is 0 Å². The van der Waals surface area contributed by atoms with Gasteiger partial charge in [0.2, 0.25) is 0 Å². The number of benzene rings is 1. The van der Waals surface area contributed by atoms with E-state index in [0.29, 0.717) is 11.7 Å². The Bertz CT molecular complexity index is 437. The summed E-state index contributed by atoms with van der Waals surface area (Å²) in [5.41, 5.74) is 0.273. The molecular weight excluding hydrogens is 230 g/mol. The molecule has 4 nitrogen and oxygen atoms in total. The number of rotatable bonds is 2. The molecule has 98 valence electrons. The van der Waals surface area contributed by atoms with Gasteiger partial charge in [0, 0.05) is 13.1 Å². The second kappa shape index (κ2) is 5.29. The van der Waals surface area contributed by atoms with Crippen molar-refractivity contribution in [2.24, 2.45) is 5.92 Å². The molecule has 0 spiro atoms. The van der Waals surface area contributed by atoms with Gasteiger partial charge in [0.05, 0.1) is 7.11 Å². The number of nitrogens with zero attached hydrogens (tertiary/aromatic N) is 1. The summed E-state index contributed by atoms with van der Waals surface area (Å²) in [6.45, 7) is 3.69. The van der Waals surface area contributed by atoms with Crippen molar-refractivity contribution in [2.75, 3.05) is 20.2 Å². The van der Waals surface area contributed by atoms with Gasteiger partial charge >= 0.3 is 0 Å². The lowest BCUT2D eigenvalue weighted by molar-refractivity contribution is 0.0690. The second-order valence-electron chi connectivity index (χ2n) is 4.83. The number of phenolic OH excluding ortho intramolecular Hbond substituents is 1. The monoisotopic (exact) mass is 249 g/mol. The van der Waals surface area contributed by atoms with Gasteiger partial charge in [-0.25, -0.2) is 0 Å². The van der Waals surface area contributed by atoms with Gasteiger partial charge in [-0.05, 0) is 30.9 Å². The molecule has 0 radical (unpaired) electrons. The Labute approximate surface area is 107 Å². The molecule has 1 fully saturated rings. The fraction of sp³-hybridized carbons (Fsp3) is 0.500. The molecule has 1 aliphatic heterocycles. The number of aromatic hydroxyl groups is 1. The molecule has 1 saturated heterocycles. The van der Waals surface area contributed by atoms with Crippen molar-refractivity contribution in [3.05, 3.63) is 23.8 Å². The molecule has 1 aromatic carbocycles. The van der Waals surface area contributed by atoms with Gasteiger partial charge < -0.3 is 14.7 Å². The van der Waals surface area contributed by atoms with Crippen molar-refractivity contribution in [3.8, 4) is 11.5 Å². The number of carbonyl (C=O) groups is 1. The Morgan fingerprint density at radius 2 is 2.06 bits per heavy atom. The third-order valence-corrected chi connectivity index (χ3v) is 3.51. The first-order chi connectivity index (χ1) is 8.63. The van der Waals surface area contributed by atoms with Crippen LogP contribution < -0.4 is 4.74 Å². The van der Waals surface area contributed by atoms with Crippen LogP contribution in [0, 0.1) is 5.92 Å². The first-order valence-corrected chi connectivity index (χ1v) is 6.28. The van der Waals surface area contributed by atoms with Crippen molar-refractivity contribution in [1.82, 2.24) is 4.90 Å². The average molecular weight is 249 g/mol. The normalized spacial score (nSPS) is 16.7. The van der Waals surface area contributed by atoms with Crippen LogP contribution in [0.3, 0.4) is 0 Å². The SMILES string of the molecule is COc1cccc(O)c1C(=O)N1CCC(C)CC1. The number of phenols is 1. The highest BCUT2D eigenvalue weighted by Crippen LogP contribution is 2.30. The Kier molecular flexibility index (Phi) is 3.75. The fourth-order valence-electron chi connectivity index (χ4n) is 2.27. The van der Waals surface area contributed by atoms with E-state index in [1.54, 1.807) is 17.0 Å². The van der Waals surface area contributed by atoms with E-state index in [4.69, 9.17) is 4.74 Å². The maximum absolute atomic E-state index is 12.4. The minimum atomic E-state index is -0.142. The lowest BCUT2D eigenvalue weighted by Crippen LogP contribution is -2.38. The molecule has 1 aliphatic rings. The van der Waals surface area contributed by atoms with Gasteiger partial charge in [0.25, 0.3) is 5.91 Å². The van der Waals surface area contributed by atoms with Gasteiger partial charge in [-0.2, -0.15) is 0 Å². The van der Waals surface area contributed by atoms with E-state index >= 15 is 0 Å². The molecule has 0 atom stereocenters. The Balaban J connectivity index is 2.23. The second-order valence-corrected chi connectivity index (χ2v) is 4.83. The molecule has 1 heterocycles. The van der Waals surface area contributed by atoms with Crippen LogP contribution in [-0.4, -0.2) is 36.1 Å². The molecule has 18 heavy (non-hydrogen) atoms. The van der Waals surface area contributed by atoms with Gasteiger partial charge in [0.15, 0.2) is 0 Å². The highest BCUT2D eigenvalue weighted by Gasteiger charge is 2.25. The Hall–Kier alpha value is -1.71. The van der Waals surface area contributed by atoms with Crippen LogP contribution in [0.1, 0.15) is 30.1 Å². The van der Waals surface area contributed by atoms with Crippen molar-refractivity contribution in [2.45, 2.75) is 19.8 Å². The van der Waals surface area contributed by atoms with Crippen molar-refractivity contribution < 1.29 is 14.6 Å². The average Bonchev–Trinajstić information content (AvgIpc) is 2.38. The largest absolute Gasteiger partial charge is 0.507 e. The molecule has 0 bridgehead atoms. The minimum absolute atomic E-state index is 0.0158. The third kappa shape index (κ3) is 2.42. The number of methoxy groups -OCH3 is 1. The molecule has 0 aromatic heterocycles. The first kappa shape index (κ1) is 12.7. The number of carbonyl (C=O) groups excluding carboxylic acids is 1. The zero-order valence-electron chi connectivity index (χ0n) is 10.8. The molecule has 0 saturated carbocycles. The van der Waals surface area contributed by atoms with Gasteiger partial charge in [-0.1, -0.05) is 13.0 Å². The number of hydrogen-bond donors (Lipinski definition) is 1. The number of hydrogen-bond acceptors (Lipinski definition) is 3. The van der Waals surface area contributed by atoms with Crippen LogP contribution in [-0.2, 0) is 0 Å². The predicted molar refractivity (Wildman–Crippen MR) is 69.0 cm³/mol. The topological polar surface area (TPSA) is 49.8 Å². The van der Waals surface area contributed by atoms with Crippen LogP contribution in [0.2, 0.25) is 0 Å².